The molecular formula is C17H21NO4. The molecule has 0 saturated carbocycles. The van der Waals surface area contributed by atoms with E-state index in [1.54, 1.807) is 0 Å². The van der Waals surface area contributed by atoms with Crippen molar-refractivity contribution >= 4 is 22.7 Å². The van der Waals surface area contributed by atoms with E-state index in [9.17, 15) is 9.59 Å². The number of H-pyrrole nitrogens is 1. The van der Waals surface area contributed by atoms with Crippen molar-refractivity contribution in [3.05, 3.63) is 30.0 Å². The van der Waals surface area contributed by atoms with Crippen LogP contribution in [0.15, 0.2) is 24.3 Å². The van der Waals surface area contributed by atoms with Crippen LogP contribution in [0, 0.1) is 0 Å². The highest BCUT2D eigenvalue weighted by Gasteiger charge is 2.21. The van der Waals surface area contributed by atoms with E-state index in [1.165, 1.54) is 6.92 Å². The second-order valence-corrected chi connectivity index (χ2v) is 6.23. The normalized spacial score (nSPS) is 11.5. The smallest absolute Gasteiger partial charge is 0.312 e. The van der Waals surface area contributed by atoms with Crippen molar-refractivity contribution in [1.29, 1.82) is 0 Å². The SMILES string of the molecule is CC(=O)COc1c(CC(=O)OC(C)(C)C)[nH]c2ccccc12. The molecule has 0 amide bonds. The van der Waals surface area contributed by atoms with Crippen LogP contribution < -0.4 is 4.74 Å². The van der Waals surface area contributed by atoms with Crippen LogP contribution in [0.3, 0.4) is 0 Å². The fourth-order valence-electron chi connectivity index (χ4n) is 2.16. The minimum Gasteiger partial charge on any atom is -0.483 e. The number of aromatic amines is 1. The highest BCUT2D eigenvalue weighted by Crippen LogP contribution is 2.30. The summed E-state index contributed by atoms with van der Waals surface area (Å²) in [5.74, 6) is 0.122. The number of hydrogen-bond donors (Lipinski definition) is 1. The zero-order valence-electron chi connectivity index (χ0n) is 13.4. The number of carbonyl (C=O) groups is 2. The number of rotatable bonds is 5. The van der Waals surface area contributed by atoms with Crippen LogP contribution in [-0.2, 0) is 20.7 Å². The Morgan fingerprint density at radius 1 is 1.18 bits per heavy atom. The quantitative estimate of drug-likeness (QED) is 0.862. The molecule has 0 atom stereocenters. The molecule has 0 aliphatic carbocycles. The predicted octanol–water partition coefficient (Wildman–Crippen LogP) is 3.02. The van der Waals surface area contributed by atoms with Gasteiger partial charge in [0.15, 0.2) is 5.78 Å². The Kier molecular flexibility index (Phi) is 4.54. The third-order valence-corrected chi connectivity index (χ3v) is 2.89. The summed E-state index contributed by atoms with van der Waals surface area (Å²) in [5.41, 5.74) is 0.945. The molecule has 22 heavy (non-hydrogen) atoms. The van der Waals surface area contributed by atoms with E-state index in [0.29, 0.717) is 11.4 Å². The lowest BCUT2D eigenvalue weighted by Gasteiger charge is -2.19. The van der Waals surface area contributed by atoms with Crippen LogP contribution in [0.4, 0.5) is 0 Å². The molecule has 0 fully saturated rings. The lowest BCUT2D eigenvalue weighted by molar-refractivity contribution is -0.154. The minimum atomic E-state index is -0.538. The first-order chi connectivity index (χ1) is 10.3. The van der Waals surface area contributed by atoms with Crippen LogP contribution >= 0.6 is 0 Å². The molecule has 118 valence electrons. The Balaban J connectivity index is 2.29. The van der Waals surface area contributed by atoms with Crippen LogP contribution in [0.1, 0.15) is 33.4 Å². The Morgan fingerprint density at radius 2 is 1.86 bits per heavy atom. The second-order valence-electron chi connectivity index (χ2n) is 6.23. The number of hydrogen-bond acceptors (Lipinski definition) is 4. The minimum absolute atomic E-state index is 0.0246. The number of para-hydroxylation sites is 1. The molecule has 1 heterocycles. The molecule has 0 bridgehead atoms. The summed E-state index contributed by atoms with van der Waals surface area (Å²) in [6.07, 6.45) is 0.0686. The van der Waals surface area contributed by atoms with Crippen molar-refractivity contribution in [1.82, 2.24) is 4.98 Å². The zero-order chi connectivity index (χ0) is 16.3. The molecule has 5 nitrogen and oxygen atoms in total. The molecule has 1 N–H and O–H groups in total. The Labute approximate surface area is 129 Å². The summed E-state index contributed by atoms with van der Waals surface area (Å²) >= 11 is 0. The highest BCUT2D eigenvalue weighted by molar-refractivity contribution is 5.90. The molecular weight excluding hydrogens is 282 g/mol. The maximum absolute atomic E-state index is 12.0. The van der Waals surface area contributed by atoms with Gasteiger partial charge in [-0.05, 0) is 39.8 Å². The van der Waals surface area contributed by atoms with Crippen LogP contribution in [0.2, 0.25) is 0 Å². The summed E-state index contributed by atoms with van der Waals surface area (Å²) in [6.45, 7) is 6.90. The van der Waals surface area contributed by atoms with Crippen molar-refractivity contribution in [3.63, 3.8) is 0 Å². The van der Waals surface area contributed by atoms with Crippen molar-refractivity contribution in [3.8, 4) is 5.75 Å². The van der Waals surface area contributed by atoms with Gasteiger partial charge in [-0.3, -0.25) is 9.59 Å². The van der Waals surface area contributed by atoms with Crippen molar-refractivity contribution < 1.29 is 19.1 Å². The second kappa shape index (κ2) is 6.22. The monoisotopic (exact) mass is 303 g/mol. The lowest BCUT2D eigenvalue weighted by atomic mass is 10.2. The van der Waals surface area contributed by atoms with Crippen LogP contribution in [0.25, 0.3) is 10.9 Å². The fraction of sp³-hybridized carbons (Fsp3) is 0.412. The van der Waals surface area contributed by atoms with Gasteiger partial charge in [-0.1, -0.05) is 12.1 Å². The van der Waals surface area contributed by atoms with E-state index in [2.05, 4.69) is 4.98 Å². The van der Waals surface area contributed by atoms with Gasteiger partial charge in [0.2, 0.25) is 0 Å². The van der Waals surface area contributed by atoms with Gasteiger partial charge in [-0.2, -0.15) is 0 Å². The fourth-order valence-corrected chi connectivity index (χ4v) is 2.16. The predicted molar refractivity (Wildman–Crippen MR) is 84.0 cm³/mol. The molecule has 0 unspecified atom stereocenters. The first-order valence-electron chi connectivity index (χ1n) is 7.20. The van der Waals surface area contributed by atoms with Gasteiger partial charge in [0.1, 0.15) is 18.0 Å². The Hall–Kier alpha value is -2.30. The number of carbonyl (C=O) groups excluding carboxylic acids is 2. The summed E-state index contributed by atoms with van der Waals surface area (Å²) in [5, 5.41) is 0.849. The lowest BCUT2D eigenvalue weighted by Crippen LogP contribution is -2.25. The summed E-state index contributed by atoms with van der Waals surface area (Å²) in [4.78, 5) is 26.4. The molecule has 1 aromatic carbocycles. The third kappa shape index (κ3) is 4.10. The molecule has 0 radical (unpaired) electrons. The van der Waals surface area contributed by atoms with E-state index < -0.39 is 5.60 Å². The van der Waals surface area contributed by atoms with Gasteiger partial charge < -0.3 is 14.5 Å². The number of benzene rings is 1. The first-order valence-corrected chi connectivity index (χ1v) is 7.20. The molecule has 1 aromatic heterocycles. The van der Waals surface area contributed by atoms with Crippen LogP contribution in [0.5, 0.6) is 5.75 Å². The zero-order valence-corrected chi connectivity index (χ0v) is 13.4. The largest absolute Gasteiger partial charge is 0.483 e. The number of esters is 1. The molecule has 2 aromatic rings. The molecule has 0 saturated heterocycles. The summed E-state index contributed by atoms with van der Waals surface area (Å²) in [6, 6.07) is 7.56. The maximum Gasteiger partial charge on any atom is 0.312 e. The van der Waals surface area contributed by atoms with Gasteiger partial charge in [-0.15, -0.1) is 0 Å². The molecule has 2 rings (SSSR count). The average Bonchev–Trinajstić information content (AvgIpc) is 2.71. The maximum atomic E-state index is 12.0. The van der Waals surface area contributed by atoms with Gasteiger partial charge in [0.25, 0.3) is 0 Å². The van der Waals surface area contributed by atoms with Gasteiger partial charge in [0, 0.05) is 10.9 Å². The molecule has 5 heteroatoms. The van der Waals surface area contributed by atoms with E-state index in [1.807, 2.05) is 45.0 Å². The number of nitrogens with one attached hydrogen (secondary N) is 1. The summed E-state index contributed by atoms with van der Waals surface area (Å²) in [7, 11) is 0. The topological polar surface area (TPSA) is 68.4 Å². The summed E-state index contributed by atoms with van der Waals surface area (Å²) < 4.78 is 10.9. The Morgan fingerprint density at radius 3 is 2.50 bits per heavy atom. The van der Waals surface area contributed by atoms with Gasteiger partial charge in [-0.25, -0.2) is 0 Å². The number of Topliss-reactive ketones (excluding diaryl/α,β-unsaturated/α-hetero) is 1. The molecule has 0 spiro atoms. The van der Waals surface area contributed by atoms with Gasteiger partial charge >= 0.3 is 5.97 Å². The number of ketones is 1. The first kappa shape index (κ1) is 16.1. The van der Waals surface area contributed by atoms with Crippen LogP contribution in [-0.4, -0.2) is 28.9 Å². The van der Waals surface area contributed by atoms with Crippen molar-refractivity contribution in [2.75, 3.05) is 6.61 Å². The highest BCUT2D eigenvalue weighted by atomic mass is 16.6. The van der Waals surface area contributed by atoms with E-state index in [0.717, 1.165) is 10.9 Å². The third-order valence-electron chi connectivity index (χ3n) is 2.89. The molecule has 0 aliphatic heterocycles. The standard InChI is InChI=1S/C17H21NO4/c1-11(19)10-21-16-12-7-5-6-8-13(12)18-14(16)9-15(20)22-17(2,3)4/h5-8,18H,9-10H2,1-4H3. The van der Waals surface area contributed by atoms with Crippen molar-refractivity contribution in [2.45, 2.75) is 39.7 Å². The van der Waals surface area contributed by atoms with E-state index in [-0.39, 0.29) is 24.8 Å². The van der Waals surface area contributed by atoms with E-state index in [4.69, 9.17) is 9.47 Å². The van der Waals surface area contributed by atoms with Gasteiger partial charge in [0.05, 0.1) is 12.1 Å². The number of fused-ring (bicyclic) bond motifs is 1. The number of ether oxygens (including phenoxy) is 2. The van der Waals surface area contributed by atoms with E-state index >= 15 is 0 Å². The van der Waals surface area contributed by atoms with Crippen molar-refractivity contribution in [2.24, 2.45) is 0 Å². The molecule has 0 aliphatic rings. The number of aromatic nitrogens is 1. The average molecular weight is 303 g/mol. The Bertz CT molecular complexity index is 694.